The van der Waals surface area contributed by atoms with Crippen LogP contribution < -0.4 is 10.6 Å². The highest BCUT2D eigenvalue weighted by Crippen LogP contribution is 2.26. The number of benzene rings is 1. The fraction of sp³-hybridized carbons (Fsp3) is 0.316. The lowest BCUT2D eigenvalue weighted by atomic mass is 10.1. The summed E-state index contributed by atoms with van der Waals surface area (Å²) in [6, 6.07) is 7.29. The summed E-state index contributed by atoms with van der Waals surface area (Å²) < 4.78 is 25.8. The van der Waals surface area contributed by atoms with Crippen LogP contribution in [0.4, 0.5) is 20.7 Å². The van der Waals surface area contributed by atoms with E-state index in [0.29, 0.717) is 30.2 Å². The highest BCUT2D eigenvalue weighted by Gasteiger charge is 2.20. The van der Waals surface area contributed by atoms with Gasteiger partial charge in [-0.3, -0.25) is 10.00 Å². The number of halogens is 1. The molecule has 3 aromatic rings. The van der Waals surface area contributed by atoms with Gasteiger partial charge in [-0.25, -0.2) is 9.18 Å². The molecular weight excluding hydrogens is 365 g/mol. The van der Waals surface area contributed by atoms with Crippen LogP contribution >= 0.6 is 0 Å². The van der Waals surface area contributed by atoms with Gasteiger partial charge in [-0.15, -0.1) is 0 Å². The van der Waals surface area contributed by atoms with Crippen LogP contribution in [0.1, 0.15) is 24.6 Å². The van der Waals surface area contributed by atoms with Gasteiger partial charge in [-0.1, -0.05) is 17.3 Å². The lowest BCUT2D eigenvalue weighted by Crippen LogP contribution is -2.22. The van der Waals surface area contributed by atoms with Gasteiger partial charge in [0.05, 0.1) is 23.6 Å². The summed E-state index contributed by atoms with van der Waals surface area (Å²) in [4.78, 5) is 12.3. The average Bonchev–Trinajstić information content (AvgIpc) is 3.30. The van der Waals surface area contributed by atoms with E-state index in [2.05, 4.69) is 20.9 Å². The first-order valence-electron chi connectivity index (χ1n) is 9.02. The second-order valence-electron chi connectivity index (χ2n) is 6.60. The van der Waals surface area contributed by atoms with Crippen LogP contribution in [-0.2, 0) is 4.74 Å². The number of aromatic nitrogens is 3. The third-order valence-electron chi connectivity index (χ3n) is 4.69. The van der Waals surface area contributed by atoms with Crippen LogP contribution in [-0.4, -0.2) is 34.2 Å². The van der Waals surface area contributed by atoms with E-state index < -0.39 is 6.03 Å². The molecule has 8 nitrogen and oxygen atoms in total. The van der Waals surface area contributed by atoms with Crippen molar-refractivity contribution < 1.29 is 18.4 Å². The molecule has 2 aromatic heterocycles. The Hall–Kier alpha value is -3.20. The molecule has 1 aliphatic heterocycles. The lowest BCUT2D eigenvalue weighted by Gasteiger charge is -2.23. The van der Waals surface area contributed by atoms with Gasteiger partial charge in [-0.05, 0) is 31.9 Å². The smallest absolute Gasteiger partial charge is 0.325 e. The van der Waals surface area contributed by atoms with Crippen LogP contribution in [0.3, 0.4) is 0 Å². The normalized spacial score (nSPS) is 14.8. The minimum absolute atomic E-state index is 0.228. The van der Waals surface area contributed by atoms with Gasteiger partial charge in [0, 0.05) is 24.8 Å². The van der Waals surface area contributed by atoms with E-state index in [1.807, 2.05) is 11.6 Å². The average molecular weight is 385 g/mol. The fourth-order valence-electron chi connectivity index (χ4n) is 3.23. The van der Waals surface area contributed by atoms with E-state index in [-0.39, 0.29) is 17.7 Å². The molecule has 1 aliphatic rings. The monoisotopic (exact) mass is 385 g/mol. The quantitative estimate of drug-likeness (QED) is 0.708. The molecule has 0 spiro atoms. The number of urea groups is 1. The maximum Gasteiger partial charge on any atom is 0.325 e. The molecule has 0 atom stereocenters. The summed E-state index contributed by atoms with van der Waals surface area (Å²) in [5.41, 5.74) is 2.04. The van der Waals surface area contributed by atoms with Crippen LogP contribution in [0.15, 0.2) is 41.1 Å². The lowest BCUT2D eigenvalue weighted by molar-refractivity contribution is 0.0657. The second kappa shape index (κ2) is 7.81. The SMILES string of the molecule is Cc1c(NC(=O)Nc2cc(-c3cccc(F)c3)on2)cnn1C1CCOCC1. The Morgan fingerprint density at radius 2 is 2.07 bits per heavy atom. The van der Waals surface area contributed by atoms with Crippen LogP contribution in [0.2, 0.25) is 0 Å². The van der Waals surface area contributed by atoms with Crippen LogP contribution in [0.5, 0.6) is 0 Å². The third-order valence-corrected chi connectivity index (χ3v) is 4.69. The molecule has 2 N–H and O–H groups in total. The van der Waals surface area contributed by atoms with E-state index in [1.165, 1.54) is 18.2 Å². The number of ether oxygens (including phenoxy) is 1. The number of hydrogen-bond acceptors (Lipinski definition) is 5. The van der Waals surface area contributed by atoms with Crippen molar-refractivity contribution in [2.24, 2.45) is 0 Å². The number of carbonyl (C=O) groups is 1. The Balaban J connectivity index is 1.40. The molecule has 0 saturated carbocycles. The van der Waals surface area contributed by atoms with Crippen molar-refractivity contribution in [1.29, 1.82) is 0 Å². The number of amides is 2. The van der Waals surface area contributed by atoms with Gasteiger partial charge in [0.15, 0.2) is 11.6 Å². The first kappa shape index (κ1) is 18.2. The van der Waals surface area contributed by atoms with Crippen LogP contribution in [0.25, 0.3) is 11.3 Å². The molecule has 28 heavy (non-hydrogen) atoms. The summed E-state index contributed by atoms with van der Waals surface area (Å²) in [5, 5.41) is 13.6. The van der Waals surface area contributed by atoms with Gasteiger partial charge in [0.25, 0.3) is 0 Å². The maximum atomic E-state index is 13.3. The van der Waals surface area contributed by atoms with Crippen molar-refractivity contribution in [2.75, 3.05) is 23.8 Å². The minimum Gasteiger partial charge on any atom is -0.381 e. The molecule has 0 unspecified atom stereocenters. The van der Waals surface area contributed by atoms with Crippen molar-refractivity contribution in [1.82, 2.24) is 14.9 Å². The topological polar surface area (TPSA) is 94.2 Å². The molecule has 2 amide bonds. The summed E-state index contributed by atoms with van der Waals surface area (Å²) in [7, 11) is 0. The van der Waals surface area contributed by atoms with Crippen molar-refractivity contribution in [3.8, 4) is 11.3 Å². The van der Waals surface area contributed by atoms with Gasteiger partial charge < -0.3 is 14.6 Å². The standard InChI is InChI=1S/C19H20FN5O3/c1-12-16(11-21-25(12)15-5-7-27-8-6-15)22-19(26)23-18-10-17(28-24-18)13-3-2-4-14(20)9-13/h2-4,9-11,15H,5-8H2,1H3,(H2,22,23,24,26). The number of nitrogens with zero attached hydrogens (tertiary/aromatic N) is 3. The zero-order valence-corrected chi connectivity index (χ0v) is 15.3. The molecule has 3 heterocycles. The third kappa shape index (κ3) is 3.89. The molecule has 1 fully saturated rings. The first-order valence-corrected chi connectivity index (χ1v) is 9.02. The van der Waals surface area contributed by atoms with Gasteiger partial charge in [-0.2, -0.15) is 5.10 Å². The number of anilines is 2. The fourth-order valence-corrected chi connectivity index (χ4v) is 3.23. The molecule has 0 aliphatic carbocycles. The summed E-state index contributed by atoms with van der Waals surface area (Å²) >= 11 is 0. The molecule has 0 bridgehead atoms. The zero-order valence-electron chi connectivity index (χ0n) is 15.3. The summed E-state index contributed by atoms with van der Waals surface area (Å²) in [5.74, 6) is 0.211. The second-order valence-corrected chi connectivity index (χ2v) is 6.60. The number of carbonyl (C=O) groups excluding carboxylic acids is 1. The molecule has 9 heteroatoms. The van der Waals surface area contributed by atoms with Crippen molar-refractivity contribution >= 4 is 17.5 Å². The van der Waals surface area contributed by atoms with Gasteiger partial charge in [0.1, 0.15) is 5.82 Å². The van der Waals surface area contributed by atoms with Crippen molar-refractivity contribution in [3.05, 3.63) is 48.0 Å². The Morgan fingerprint density at radius 1 is 1.25 bits per heavy atom. The number of rotatable bonds is 4. The molecule has 0 radical (unpaired) electrons. The van der Waals surface area contributed by atoms with Gasteiger partial charge in [0.2, 0.25) is 0 Å². The Kier molecular flexibility index (Phi) is 5.07. The van der Waals surface area contributed by atoms with Crippen LogP contribution in [0, 0.1) is 12.7 Å². The van der Waals surface area contributed by atoms with Crippen molar-refractivity contribution in [3.63, 3.8) is 0 Å². The highest BCUT2D eigenvalue weighted by molar-refractivity contribution is 5.99. The van der Waals surface area contributed by atoms with E-state index in [0.717, 1.165) is 18.5 Å². The highest BCUT2D eigenvalue weighted by atomic mass is 19.1. The Labute approximate surface area is 160 Å². The minimum atomic E-state index is -0.464. The molecule has 1 saturated heterocycles. The molecular formula is C19H20FN5O3. The molecule has 4 rings (SSSR count). The largest absolute Gasteiger partial charge is 0.381 e. The van der Waals surface area contributed by atoms with E-state index in [4.69, 9.17) is 9.26 Å². The first-order chi connectivity index (χ1) is 13.6. The zero-order chi connectivity index (χ0) is 19.5. The Morgan fingerprint density at radius 3 is 2.86 bits per heavy atom. The Bertz CT molecular complexity index is 978. The van der Waals surface area contributed by atoms with E-state index in [9.17, 15) is 9.18 Å². The summed E-state index contributed by atoms with van der Waals surface area (Å²) in [6.07, 6.45) is 3.43. The van der Waals surface area contributed by atoms with Crippen molar-refractivity contribution in [2.45, 2.75) is 25.8 Å². The predicted octanol–water partition coefficient (Wildman–Crippen LogP) is 3.98. The summed E-state index contributed by atoms with van der Waals surface area (Å²) in [6.45, 7) is 3.34. The maximum absolute atomic E-state index is 13.3. The predicted molar refractivity (Wildman–Crippen MR) is 101 cm³/mol. The number of nitrogens with one attached hydrogen (secondary N) is 2. The van der Waals surface area contributed by atoms with Gasteiger partial charge >= 0.3 is 6.03 Å². The number of hydrogen-bond donors (Lipinski definition) is 2. The molecule has 146 valence electrons. The van der Waals surface area contributed by atoms with E-state index in [1.54, 1.807) is 18.3 Å². The molecule has 1 aromatic carbocycles. The van der Waals surface area contributed by atoms with E-state index >= 15 is 0 Å².